The summed E-state index contributed by atoms with van der Waals surface area (Å²) in [5.74, 6) is 0.985. The summed E-state index contributed by atoms with van der Waals surface area (Å²) in [5, 5.41) is 3.33. The smallest absolute Gasteiger partial charge is 0.180 e. The lowest BCUT2D eigenvalue weighted by Gasteiger charge is -2.26. The van der Waals surface area contributed by atoms with Gasteiger partial charge in [-0.25, -0.2) is 4.98 Å². The van der Waals surface area contributed by atoms with Crippen molar-refractivity contribution in [3.63, 3.8) is 0 Å². The summed E-state index contributed by atoms with van der Waals surface area (Å²) in [5.41, 5.74) is 0. The molecular weight excluding hydrogens is 166 g/mol. The predicted octanol–water partition coefficient (Wildman–Crippen LogP) is 0.122. The van der Waals surface area contributed by atoms with Crippen LogP contribution >= 0.6 is 0 Å². The summed E-state index contributed by atoms with van der Waals surface area (Å²) in [6.07, 6.45) is 4.26. The summed E-state index contributed by atoms with van der Waals surface area (Å²) in [6.45, 7) is 5.59. The van der Waals surface area contributed by atoms with Gasteiger partial charge in [0.1, 0.15) is 5.76 Å². The molecule has 0 saturated carbocycles. The van der Waals surface area contributed by atoms with Gasteiger partial charge in [0.05, 0.1) is 6.20 Å². The second-order valence-electron chi connectivity index (χ2n) is 3.31. The summed E-state index contributed by atoms with van der Waals surface area (Å²) < 4.78 is 5.17. The molecule has 4 nitrogen and oxygen atoms in total. The number of oxazole rings is 1. The van der Waals surface area contributed by atoms with Gasteiger partial charge in [0.2, 0.25) is 0 Å². The van der Waals surface area contributed by atoms with Gasteiger partial charge in [0, 0.05) is 39.1 Å². The molecule has 0 bridgehead atoms. The van der Waals surface area contributed by atoms with E-state index in [1.54, 1.807) is 6.20 Å². The Hall–Kier alpha value is -0.870. The molecule has 0 aromatic carbocycles. The van der Waals surface area contributed by atoms with E-state index in [0.29, 0.717) is 0 Å². The number of nitrogens with one attached hydrogen (secondary N) is 1. The summed E-state index contributed by atoms with van der Waals surface area (Å²) in [6, 6.07) is 0. The zero-order valence-corrected chi connectivity index (χ0v) is 7.70. The normalized spacial score (nSPS) is 19.1. The SMILES string of the molecule is c1ncc(CCN2CCNCC2)o1. The van der Waals surface area contributed by atoms with Crippen molar-refractivity contribution in [3.8, 4) is 0 Å². The average Bonchev–Trinajstić information content (AvgIpc) is 2.69. The standard InChI is InChI=1S/C9H15N3O/c1(9-7-11-8-13-9)4-12-5-2-10-3-6-12/h7-8,10H,1-6H2. The van der Waals surface area contributed by atoms with Crippen LogP contribution in [0.15, 0.2) is 17.0 Å². The summed E-state index contributed by atoms with van der Waals surface area (Å²) in [4.78, 5) is 6.33. The fourth-order valence-corrected chi connectivity index (χ4v) is 1.57. The van der Waals surface area contributed by atoms with Gasteiger partial charge >= 0.3 is 0 Å². The van der Waals surface area contributed by atoms with E-state index in [-0.39, 0.29) is 0 Å². The first kappa shape index (κ1) is 8.72. The Bertz CT molecular complexity index is 229. The van der Waals surface area contributed by atoms with E-state index in [2.05, 4.69) is 15.2 Å². The molecule has 1 fully saturated rings. The third-order valence-electron chi connectivity index (χ3n) is 2.37. The van der Waals surface area contributed by atoms with Crippen molar-refractivity contribution in [1.82, 2.24) is 15.2 Å². The maximum atomic E-state index is 5.17. The van der Waals surface area contributed by atoms with E-state index in [0.717, 1.165) is 44.9 Å². The Morgan fingerprint density at radius 2 is 2.31 bits per heavy atom. The molecule has 13 heavy (non-hydrogen) atoms. The molecule has 2 heterocycles. The van der Waals surface area contributed by atoms with Gasteiger partial charge in [-0.3, -0.25) is 0 Å². The summed E-state index contributed by atoms with van der Waals surface area (Å²) in [7, 11) is 0. The lowest BCUT2D eigenvalue weighted by Crippen LogP contribution is -2.44. The molecule has 0 atom stereocenters. The zero-order chi connectivity index (χ0) is 8.93. The Labute approximate surface area is 77.9 Å². The Morgan fingerprint density at radius 3 is 3.00 bits per heavy atom. The second-order valence-corrected chi connectivity index (χ2v) is 3.31. The van der Waals surface area contributed by atoms with Crippen molar-refractivity contribution in [1.29, 1.82) is 0 Å². The molecule has 1 aliphatic heterocycles. The van der Waals surface area contributed by atoms with Gasteiger partial charge in [-0.2, -0.15) is 0 Å². The van der Waals surface area contributed by atoms with Crippen LogP contribution < -0.4 is 5.32 Å². The van der Waals surface area contributed by atoms with Gasteiger partial charge in [-0.05, 0) is 0 Å². The van der Waals surface area contributed by atoms with Crippen LogP contribution in [0.5, 0.6) is 0 Å². The molecule has 1 aromatic heterocycles. The van der Waals surface area contributed by atoms with Crippen LogP contribution in [0.1, 0.15) is 5.76 Å². The van der Waals surface area contributed by atoms with E-state index in [1.807, 2.05) is 0 Å². The van der Waals surface area contributed by atoms with Crippen LogP contribution in [-0.4, -0.2) is 42.6 Å². The molecule has 2 rings (SSSR count). The number of rotatable bonds is 3. The highest BCUT2D eigenvalue weighted by atomic mass is 16.3. The summed E-state index contributed by atoms with van der Waals surface area (Å²) >= 11 is 0. The molecule has 0 aliphatic carbocycles. The maximum absolute atomic E-state index is 5.17. The topological polar surface area (TPSA) is 41.3 Å². The van der Waals surface area contributed by atoms with Gasteiger partial charge in [0.15, 0.2) is 6.39 Å². The maximum Gasteiger partial charge on any atom is 0.180 e. The first-order valence-corrected chi connectivity index (χ1v) is 4.75. The van der Waals surface area contributed by atoms with Crippen LogP contribution in [0, 0.1) is 0 Å². The molecule has 0 spiro atoms. The number of piperazine rings is 1. The van der Waals surface area contributed by atoms with Crippen molar-refractivity contribution in [2.45, 2.75) is 6.42 Å². The molecule has 0 amide bonds. The molecule has 1 aliphatic rings. The minimum Gasteiger partial charge on any atom is -0.448 e. The van der Waals surface area contributed by atoms with E-state index in [4.69, 9.17) is 4.42 Å². The number of nitrogens with zero attached hydrogens (tertiary/aromatic N) is 2. The zero-order valence-electron chi connectivity index (χ0n) is 7.70. The third-order valence-corrected chi connectivity index (χ3v) is 2.37. The van der Waals surface area contributed by atoms with E-state index in [9.17, 15) is 0 Å². The molecule has 1 saturated heterocycles. The monoisotopic (exact) mass is 181 g/mol. The lowest BCUT2D eigenvalue weighted by atomic mass is 10.3. The Kier molecular flexibility index (Phi) is 2.94. The number of hydrogen-bond donors (Lipinski definition) is 1. The largest absolute Gasteiger partial charge is 0.448 e. The molecule has 4 heteroatoms. The van der Waals surface area contributed by atoms with Gasteiger partial charge in [0.25, 0.3) is 0 Å². The predicted molar refractivity (Wildman–Crippen MR) is 49.5 cm³/mol. The molecule has 1 aromatic rings. The van der Waals surface area contributed by atoms with E-state index in [1.165, 1.54) is 6.39 Å². The van der Waals surface area contributed by atoms with Crippen molar-refractivity contribution in [2.24, 2.45) is 0 Å². The number of hydrogen-bond acceptors (Lipinski definition) is 4. The van der Waals surface area contributed by atoms with E-state index >= 15 is 0 Å². The quantitative estimate of drug-likeness (QED) is 0.719. The van der Waals surface area contributed by atoms with Crippen molar-refractivity contribution in [2.75, 3.05) is 32.7 Å². The van der Waals surface area contributed by atoms with Gasteiger partial charge in [-0.15, -0.1) is 0 Å². The highest BCUT2D eigenvalue weighted by Gasteiger charge is 2.09. The van der Waals surface area contributed by atoms with Crippen molar-refractivity contribution in [3.05, 3.63) is 18.4 Å². The highest BCUT2D eigenvalue weighted by Crippen LogP contribution is 2.00. The van der Waals surface area contributed by atoms with Crippen LogP contribution in [-0.2, 0) is 6.42 Å². The molecule has 0 radical (unpaired) electrons. The first-order chi connectivity index (χ1) is 6.45. The fraction of sp³-hybridized carbons (Fsp3) is 0.667. The molecule has 72 valence electrons. The van der Waals surface area contributed by atoms with Crippen LogP contribution in [0.3, 0.4) is 0 Å². The highest BCUT2D eigenvalue weighted by molar-refractivity contribution is 4.89. The number of aromatic nitrogens is 1. The van der Waals surface area contributed by atoms with E-state index < -0.39 is 0 Å². The first-order valence-electron chi connectivity index (χ1n) is 4.75. The minimum atomic E-state index is 0.972. The van der Waals surface area contributed by atoms with Crippen LogP contribution in [0.4, 0.5) is 0 Å². The van der Waals surface area contributed by atoms with Gasteiger partial charge < -0.3 is 14.6 Å². The molecule has 0 unspecified atom stereocenters. The fourth-order valence-electron chi connectivity index (χ4n) is 1.57. The third kappa shape index (κ3) is 2.54. The van der Waals surface area contributed by atoms with Crippen molar-refractivity contribution < 1.29 is 4.42 Å². The lowest BCUT2D eigenvalue weighted by molar-refractivity contribution is 0.239. The Balaban J connectivity index is 1.72. The average molecular weight is 181 g/mol. The van der Waals surface area contributed by atoms with Crippen LogP contribution in [0.2, 0.25) is 0 Å². The molecule has 1 N–H and O–H groups in total. The Morgan fingerprint density at radius 1 is 1.46 bits per heavy atom. The van der Waals surface area contributed by atoms with Crippen molar-refractivity contribution >= 4 is 0 Å². The molecular formula is C9H15N3O. The van der Waals surface area contributed by atoms with Gasteiger partial charge in [-0.1, -0.05) is 0 Å². The second kappa shape index (κ2) is 4.39. The minimum absolute atomic E-state index is 0.972. The van der Waals surface area contributed by atoms with Crippen LogP contribution in [0.25, 0.3) is 0 Å².